The van der Waals surface area contributed by atoms with Gasteiger partial charge in [-0.3, -0.25) is 0 Å². The number of hydrogen-bond donors (Lipinski definition) is 0. The van der Waals surface area contributed by atoms with E-state index in [1.165, 1.54) is 55.3 Å². The molecule has 0 fully saturated rings. The molecule has 1 heterocycles. The molecule has 1 aromatic heterocycles. The summed E-state index contributed by atoms with van der Waals surface area (Å²) in [5, 5.41) is 4.63. The topological polar surface area (TPSA) is 16.4 Å². The maximum atomic E-state index is 6.51. The predicted octanol–water partition coefficient (Wildman–Crippen LogP) is 16.5. The van der Waals surface area contributed by atoms with Crippen molar-refractivity contribution >= 4 is 49.8 Å². The van der Waals surface area contributed by atoms with E-state index in [1.54, 1.807) is 0 Å². The Hall–Kier alpha value is -7.94. The molecule has 0 spiro atoms. The van der Waals surface area contributed by atoms with Crippen molar-refractivity contribution in [3.05, 3.63) is 237 Å². The van der Waals surface area contributed by atoms with Gasteiger partial charge in [0, 0.05) is 16.6 Å². The van der Waals surface area contributed by atoms with E-state index in [0.29, 0.717) is 0 Å². The van der Waals surface area contributed by atoms with Gasteiger partial charge < -0.3 is 9.32 Å². The van der Waals surface area contributed by atoms with Gasteiger partial charge in [-0.05, 0) is 103 Å². The quantitative estimate of drug-likeness (QED) is 0.153. The number of anilines is 3. The summed E-state index contributed by atoms with van der Waals surface area (Å²) >= 11 is 0. The first-order valence-corrected chi connectivity index (χ1v) is 20.5. The van der Waals surface area contributed by atoms with Gasteiger partial charge >= 0.3 is 0 Å². The number of para-hydroxylation sites is 2. The van der Waals surface area contributed by atoms with Gasteiger partial charge in [0.25, 0.3) is 0 Å². The molecular weight excluding hydrogens is 727 g/mol. The van der Waals surface area contributed by atoms with Crippen LogP contribution in [0, 0.1) is 0 Å². The third kappa shape index (κ3) is 6.23. The summed E-state index contributed by atoms with van der Waals surface area (Å²) in [6, 6.07) is 85.0. The van der Waals surface area contributed by atoms with Crippen LogP contribution in [-0.2, 0) is 0 Å². The summed E-state index contributed by atoms with van der Waals surface area (Å²) in [6.07, 6.45) is 0. The first kappa shape index (κ1) is 35.2. The van der Waals surface area contributed by atoms with E-state index in [1.807, 2.05) is 6.07 Å². The fourth-order valence-electron chi connectivity index (χ4n) is 8.91. The minimum Gasteiger partial charge on any atom is -0.456 e. The van der Waals surface area contributed by atoms with Crippen LogP contribution in [0.1, 0.15) is 0 Å². The Kier molecular flexibility index (Phi) is 8.87. The molecule has 0 atom stereocenters. The van der Waals surface area contributed by atoms with E-state index in [2.05, 4.69) is 235 Å². The van der Waals surface area contributed by atoms with E-state index in [0.717, 1.165) is 50.1 Å². The van der Waals surface area contributed by atoms with Crippen molar-refractivity contribution in [2.45, 2.75) is 0 Å². The molecule has 0 amide bonds. The second-order valence-electron chi connectivity index (χ2n) is 15.2. The third-order valence-electron chi connectivity index (χ3n) is 11.7. The average molecular weight is 766 g/mol. The number of furan rings is 1. The second kappa shape index (κ2) is 15.1. The number of hydrogen-bond acceptors (Lipinski definition) is 2. The number of fused-ring (bicyclic) bond motifs is 4. The SMILES string of the molecule is c1ccc(-c2ccccc2-c2c(-c3ccccc3)cccc2-c2ccccc2N(c2ccc(-c3ccc4ccccc4c3)cc2)c2cccc3oc4ccccc4c23)cc1. The Balaban J connectivity index is 1.16. The van der Waals surface area contributed by atoms with Gasteiger partial charge in [0.1, 0.15) is 11.2 Å². The highest BCUT2D eigenvalue weighted by molar-refractivity contribution is 6.14. The predicted molar refractivity (Wildman–Crippen MR) is 253 cm³/mol. The van der Waals surface area contributed by atoms with E-state index < -0.39 is 0 Å². The molecular formula is C58H39NO. The standard InChI is InChI=1S/C58H39NO/c1-3-18-42(19-4-1)47-23-9-10-25-50(47)57-48(43-20-5-2-6-21-43)27-15-28-51(57)49-24-11-13-29-53(49)59(54-30-16-32-56-58(54)52-26-12-14-31-55(52)60-56)46-37-35-41(36-38-46)45-34-33-40-17-7-8-22-44(40)39-45/h1-39H. The molecule has 0 N–H and O–H groups in total. The molecule has 0 radical (unpaired) electrons. The maximum Gasteiger partial charge on any atom is 0.137 e. The van der Waals surface area contributed by atoms with E-state index in [-0.39, 0.29) is 0 Å². The molecule has 2 heteroatoms. The van der Waals surface area contributed by atoms with Crippen LogP contribution in [0.4, 0.5) is 17.1 Å². The van der Waals surface area contributed by atoms with Crippen LogP contribution in [-0.4, -0.2) is 0 Å². The normalized spacial score (nSPS) is 11.3. The Bertz CT molecular complexity index is 3310. The first-order chi connectivity index (χ1) is 29.8. The molecule has 2 nitrogen and oxygen atoms in total. The van der Waals surface area contributed by atoms with Gasteiger partial charge in [-0.25, -0.2) is 0 Å². The molecule has 282 valence electrons. The van der Waals surface area contributed by atoms with Crippen molar-refractivity contribution in [2.75, 3.05) is 4.90 Å². The van der Waals surface area contributed by atoms with Gasteiger partial charge in [-0.15, -0.1) is 0 Å². The maximum absolute atomic E-state index is 6.51. The lowest BCUT2D eigenvalue weighted by atomic mass is 9.84. The first-order valence-electron chi connectivity index (χ1n) is 20.5. The molecule has 10 aromatic carbocycles. The molecule has 0 aliphatic rings. The lowest BCUT2D eigenvalue weighted by Gasteiger charge is -2.29. The highest BCUT2D eigenvalue weighted by Gasteiger charge is 2.25. The van der Waals surface area contributed by atoms with E-state index in [4.69, 9.17) is 4.42 Å². The summed E-state index contributed by atoms with van der Waals surface area (Å²) in [6.45, 7) is 0. The fraction of sp³-hybridized carbons (Fsp3) is 0. The number of nitrogens with zero attached hydrogens (tertiary/aromatic N) is 1. The summed E-state index contributed by atoms with van der Waals surface area (Å²) < 4.78 is 6.51. The van der Waals surface area contributed by atoms with Crippen LogP contribution in [0.5, 0.6) is 0 Å². The zero-order chi connectivity index (χ0) is 39.8. The van der Waals surface area contributed by atoms with Gasteiger partial charge in [0.05, 0.1) is 16.8 Å². The van der Waals surface area contributed by atoms with Crippen molar-refractivity contribution in [1.82, 2.24) is 0 Å². The highest BCUT2D eigenvalue weighted by atomic mass is 16.3. The van der Waals surface area contributed by atoms with Crippen LogP contribution in [0.2, 0.25) is 0 Å². The van der Waals surface area contributed by atoms with E-state index >= 15 is 0 Å². The van der Waals surface area contributed by atoms with Crippen LogP contribution in [0.25, 0.3) is 88.3 Å². The molecule has 0 aliphatic carbocycles. The molecule has 0 bridgehead atoms. The fourth-order valence-corrected chi connectivity index (χ4v) is 8.91. The Morgan fingerprint density at radius 3 is 1.65 bits per heavy atom. The largest absolute Gasteiger partial charge is 0.456 e. The van der Waals surface area contributed by atoms with Gasteiger partial charge in [-0.1, -0.05) is 194 Å². The average Bonchev–Trinajstić information content (AvgIpc) is 3.72. The minimum absolute atomic E-state index is 0.854. The molecule has 0 saturated carbocycles. The third-order valence-corrected chi connectivity index (χ3v) is 11.7. The lowest BCUT2D eigenvalue weighted by Crippen LogP contribution is -2.12. The smallest absolute Gasteiger partial charge is 0.137 e. The van der Waals surface area contributed by atoms with Crippen LogP contribution >= 0.6 is 0 Å². The van der Waals surface area contributed by atoms with Crippen molar-refractivity contribution in [2.24, 2.45) is 0 Å². The summed E-state index contributed by atoms with van der Waals surface area (Å²) in [5.41, 5.74) is 16.6. The molecule has 0 unspecified atom stereocenters. The number of benzene rings is 10. The van der Waals surface area contributed by atoms with Gasteiger partial charge in [-0.2, -0.15) is 0 Å². The Labute approximate surface area is 349 Å². The summed E-state index contributed by atoms with van der Waals surface area (Å²) in [5.74, 6) is 0. The molecule has 0 aliphatic heterocycles. The summed E-state index contributed by atoms with van der Waals surface area (Å²) in [4.78, 5) is 2.42. The van der Waals surface area contributed by atoms with Crippen molar-refractivity contribution in [3.8, 4) is 55.6 Å². The second-order valence-corrected chi connectivity index (χ2v) is 15.2. The van der Waals surface area contributed by atoms with Crippen molar-refractivity contribution < 1.29 is 4.42 Å². The van der Waals surface area contributed by atoms with Crippen molar-refractivity contribution in [1.29, 1.82) is 0 Å². The van der Waals surface area contributed by atoms with E-state index in [9.17, 15) is 0 Å². The zero-order valence-electron chi connectivity index (χ0n) is 32.9. The number of rotatable bonds is 8. The zero-order valence-corrected chi connectivity index (χ0v) is 32.9. The van der Waals surface area contributed by atoms with Gasteiger partial charge in [0.15, 0.2) is 0 Å². The van der Waals surface area contributed by atoms with Crippen LogP contribution in [0.15, 0.2) is 241 Å². The lowest BCUT2D eigenvalue weighted by molar-refractivity contribution is 0.669. The summed E-state index contributed by atoms with van der Waals surface area (Å²) in [7, 11) is 0. The highest BCUT2D eigenvalue weighted by Crippen LogP contribution is 2.50. The molecule has 11 rings (SSSR count). The van der Waals surface area contributed by atoms with Crippen LogP contribution < -0.4 is 4.90 Å². The van der Waals surface area contributed by atoms with Crippen molar-refractivity contribution in [3.63, 3.8) is 0 Å². The van der Waals surface area contributed by atoms with Crippen LogP contribution in [0.3, 0.4) is 0 Å². The molecule has 0 saturated heterocycles. The van der Waals surface area contributed by atoms with Gasteiger partial charge in [0.2, 0.25) is 0 Å². The Morgan fingerprint density at radius 1 is 0.300 bits per heavy atom. The minimum atomic E-state index is 0.854. The molecule has 60 heavy (non-hydrogen) atoms. The Morgan fingerprint density at radius 2 is 0.850 bits per heavy atom. The monoisotopic (exact) mass is 765 g/mol. The molecule has 11 aromatic rings.